The molecular formula is C22H31NO6. The molecule has 1 heterocycles. The molecule has 1 unspecified atom stereocenters. The SMILES string of the molecule is CC(C)(C)OC(=O)N1C(c2ccccc2)[C@H](C(=O)OC(=O)C(C)(C)C)OC1(C)C. The van der Waals surface area contributed by atoms with Crippen molar-refractivity contribution in [3.8, 4) is 0 Å². The number of hydrogen-bond acceptors (Lipinski definition) is 6. The van der Waals surface area contributed by atoms with Gasteiger partial charge in [0.1, 0.15) is 17.4 Å². The molecule has 0 saturated carbocycles. The van der Waals surface area contributed by atoms with Crippen molar-refractivity contribution in [3.05, 3.63) is 35.9 Å². The van der Waals surface area contributed by atoms with Gasteiger partial charge in [0.25, 0.3) is 0 Å². The molecule has 2 atom stereocenters. The number of carbonyl (C=O) groups excluding carboxylic acids is 3. The smallest absolute Gasteiger partial charge is 0.413 e. The van der Waals surface area contributed by atoms with Crippen molar-refractivity contribution in [1.29, 1.82) is 0 Å². The van der Waals surface area contributed by atoms with E-state index in [9.17, 15) is 14.4 Å². The lowest BCUT2D eigenvalue weighted by Crippen LogP contribution is -2.47. The Morgan fingerprint density at radius 2 is 1.55 bits per heavy atom. The van der Waals surface area contributed by atoms with Crippen molar-refractivity contribution < 1.29 is 28.6 Å². The van der Waals surface area contributed by atoms with Crippen LogP contribution in [-0.4, -0.2) is 40.4 Å². The minimum absolute atomic E-state index is 0.617. The third-order valence-corrected chi connectivity index (χ3v) is 4.33. The van der Waals surface area contributed by atoms with Gasteiger partial charge in [0, 0.05) is 0 Å². The number of hydrogen-bond donors (Lipinski definition) is 0. The van der Waals surface area contributed by atoms with E-state index < -0.39 is 46.9 Å². The van der Waals surface area contributed by atoms with E-state index in [1.807, 2.05) is 6.07 Å². The van der Waals surface area contributed by atoms with E-state index in [0.717, 1.165) is 0 Å². The van der Waals surface area contributed by atoms with Gasteiger partial charge >= 0.3 is 18.0 Å². The van der Waals surface area contributed by atoms with E-state index in [2.05, 4.69) is 0 Å². The summed E-state index contributed by atoms with van der Waals surface area (Å²) in [5.41, 5.74) is -2.06. The summed E-state index contributed by atoms with van der Waals surface area (Å²) in [6, 6.07) is 8.21. The molecule has 1 aromatic rings. The summed E-state index contributed by atoms with van der Waals surface area (Å²) in [6.45, 7) is 13.6. The molecule has 160 valence electrons. The van der Waals surface area contributed by atoms with E-state index in [1.54, 1.807) is 79.7 Å². The van der Waals surface area contributed by atoms with E-state index in [1.165, 1.54) is 4.90 Å². The van der Waals surface area contributed by atoms with Crippen LogP contribution in [0.25, 0.3) is 0 Å². The highest BCUT2D eigenvalue weighted by Crippen LogP contribution is 2.43. The van der Waals surface area contributed by atoms with Crippen molar-refractivity contribution in [2.24, 2.45) is 5.41 Å². The molecule has 2 rings (SSSR count). The molecule has 0 aliphatic carbocycles. The summed E-state index contributed by atoms with van der Waals surface area (Å²) < 4.78 is 16.6. The number of amides is 1. The summed E-state index contributed by atoms with van der Waals surface area (Å²) in [5.74, 6) is -1.50. The van der Waals surface area contributed by atoms with Crippen molar-refractivity contribution in [3.63, 3.8) is 0 Å². The Kier molecular flexibility index (Phi) is 6.14. The second-order valence-electron chi connectivity index (χ2n) is 9.65. The first-order chi connectivity index (χ1) is 13.1. The Labute approximate surface area is 172 Å². The van der Waals surface area contributed by atoms with Gasteiger partial charge < -0.3 is 14.2 Å². The van der Waals surface area contributed by atoms with E-state index >= 15 is 0 Å². The molecule has 1 amide bonds. The quantitative estimate of drug-likeness (QED) is 0.541. The first-order valence-electron chi connectivity index (χ1n) is 9.65. The largest absolute Gasteiger partial charge is 0.444 e. The van der Waals surface area contributed by atoms with Crippen molar-refractivity contribution in [1.82, 2.24) is 4.90 Å². The van der Waals surface area contributed by atoms with E-state index in [0.29, 0.717) is 5.56 Å². The van der Waals surface area contributed by atoms with Gasteiger partial charge in [-0.05, 0) is 61.0 Å². The third-order valence-electron chi connectivity index (χ3n) is 4.33. The van der Waals surface area contributed by atoms with Crippen LogP contribution in [0.2, 0.25) is 0 Å². The fourth-order valence-corrected chi connectivity index (χ4v) is 3.00. The first-order valence-corrected chi connectivity index (χ1v) is 9.65. The Bertz CT molecular complexity index is 773. The maximum atomic E-state index is 13.0. The fraction of sp³-hybridized carbons (Fsp3) is 0.591. The molecule has 1 aromatic carbocycles. The molecule has 0 bridgehead atoms. The maximum Gasteiger partial charge on any atom is 0.413 e. The van der Waals surface area contributed by atoms with Crippen LogP contribution in [0.15, 0.2) is 30.3 Å². The number of carbonyl (C=O) groups is 3. The average molecular weight is 405 g/mol. The normalized spacial score (nSPS) is 21.6. The molecule has 1 fully saturated rings. The third kappa shape index (κ3) is 5.35. The highest BCUT2D eigenvalue weighted by molar-refractivity contribution is 5.91. The fourth-order valence-electron chi connectivity index (χ4n) is 3.00. The lowest BCUT2D eigenvalue weighted by molar-refractivity contribution is -0.175. The van der Waals surface area contributed by atoms with Gasteiger partial charge in [-0.3, -0.25) is 9.69 Å². The van der Waals surface area contributed by atoms with Crippen LogP contribution in [-0.2, 0) is 23.8 Å². The van der Waals surface area contributed by atoms with Gasteiger partial charge in [0.05, 0.1) is 5.41 Å². The van der Waals surface area contributed by atoms with Crippen LogP contribution in [0.4, 0.5) is 4.79 Å². The molecule has 29 heavy (non-hydrogen) atoms. The van der Waals surface area contributed by atoms with Gasteiger partial charge in [-0.2, -0.15) is 0 Å². The van der Waals surface area contributed by atoms with Crippen LogP contribution in [0.1, 0.15) is 67.0 Å². The van der Waals surface area contributed by atoms with E-state index in [4.69, 9.17) is 14.2 Å². The zero-order valence-corrected chi connectivity index (χ0v) is 18.4. The molecule has 0 spiro atoms. The van der Waals surface area contributed by atoms with Gasteiger partial charge in [0.2, 0.25) is 0 Å². The minimum Gasteiger partial charge on any atom is -0.444 e. The molecule has 1 aliphatic heterocycles. The lowest BCUT2D eigenvalue weighted by atomic mass is 9.97. The van der Waals surface area contributed by atoms with Crippen molar-refractivity contribution in [2.45, 2.75) is 78.9 Å². The molecular weight excluding hydrogens is 374 g/mol. The predicted molar refractivity (Wildman–Crippen MR) is 107 cm³/mol. The molecule has 1 aliphatic rings. The Balaban J connectivity index is 2.44. The minimum atomic E-state index is -1.17. The van der Waals surface area contributed by atoms with Crippen LogP contribution in [0.5, 0.6) is 0 Å². The highest BCUT2D eigenvalue weighted by atomic mass is 16.6. The van der Waals surface area contributed by atoms with Crippen LogP contribution < -0.4 is 0 Å². The molecule has 7 nitrogen and oxygen atoms in total. The molecule has 0 radical (unpaired) electrons. The van der Waals surface area contributed by atoms with Gasteiger partial charge in [0.15, 0.2) is 6.10 Å². The lowest BCUT2D eigenvalue weighted by Gasteiger charge is -2.35. The summed E-state index contributed by atoms with van der Waals surface area (Å²) >= 11 is 0. The molecule has 0 aromatic heterocycles. The number of nitrogens with zero attached hydrogens (tertiary/aromatic N) is 1. The predicted octanol–water partition coefficient (Wildman–Crippen LogP) is 4.22. The second kappa shape index (κ2) is 7.78. The van der Waals surface area contributed by atoms with Crippen LogP contribution in [0, 0.1) is 5.41 Å². The Morgan fingerprint density at radius 3 is 2.03 bits per heavy atom. The number of ether oxygens (including phenoxy) is 3. The van der Waals surface area contributed by atoms with Gasteiger partial charge in [-0.15, -0.1) is 0 Å². The number of benzene rings is 1. The summed E-state index contributed by atoms with van der Waals surface area (Å²) in [6.07, 6.45) is -1.79. The van der Waals surface area contributed by atoms with Crippen LogP contribution in [0.3, 0.4) is 0 Å². The maximum absolute atomic E-state index is 13.0. The number of esters is 2. The topological polar surface area (TPSA) is 82.1 Å². The summed E-state index contributed by atoms with van der Waals surface area (Å²) in [4.78, 5) is 39.5. The standard InChI is InChI=1S/C22H31NO6/c1-20(2,3)18(25)27-17(24)16-15(14-12-10-9-11-13-14)23(22(7,8)28-16)19(26)29-21(4,5)6/h9-13,15-16H,1-8H3/t15?,16-/m1/s1. The molecule has 1 saturated heterocycles. The monoisotopic (exact) mass is 405 g/mol. The average Bonchev–Trinajstić information content (AvgIpc) is 2.84. The second-order valence-corrected chi connectivity index (χ2v) is 9.65. The van der Waals surface area contributed by atoms with Gasteiger partial charge in [-0.25, -0.2) is 9.59 Å². The molecule has 0 N–H and O–H groups in total. The Morgan fingerprint density at radius 1 is 1.00 bits per heavy atom. The highest BCUT2D eigenvalue weighted by Gasteiger charge is 2.55. The van der Waals surface area contributed by atoms with Gasteiger partial charge in [-0.1, -0.05) is 30.3 Å². The summed E-state index contributed by atoms with van der Waals surface area (Å²) in [5, 5.41) is 0. The summed E-state index contributed by atoms with van der Waals surface area (Å²) in [7, 11) is 0. The zero-order valence-electron chi connectivity index (χ0n) is 18.4. The zero-order chi connectivity index (χ0) is 22.2. The van der Waals surface area contributed by atoms with Crippen LogP contribution >= 0.6 is 0 Å². The van der Waals surface area contributed by atoms with E-state index in [-0.39, 0.29) is 0 Å². The molecule has 7 heteroatoms. The first kappa shape index (κ1) is 22.9. The Hall–Kier alpha value is -2.41. The van der Waals surface area contributed by atoms with Crippen molar-refractivity contribution >= 4 is 18.0 Å². The van der Waals surface area contributed by atoms with Crippen molar-refractivity contribution in [2.75, 3.05) is 0 Å². The number of rotatable bonds is 2.